The van der Waals surface area contributed by atoms with Crippen LogP contribution >= 0.6 is 0 Å². The summed E-state index contributed by atoms with van der Waals surface area (Å²) in [5.41, 5.74) is 0. The van der Waals surface area contributed by atoms with Gasteiger partial charge in [-0.25, -0.2) is 0 Å². The molecule has 0 aromatic carbocycles. The minimum atomic E-state index is 0.654. The van der Waals surface area contributed by atoms with Gasteiger partial charge >= 0.3 is 0 Å². The van der Waals surface area contributed by atoms with Crippen LogP contribution in [0, 0.1) is 23.7 Å². The Labute approximate surface area is 118 Å². The van der Waals surface area contributed by atoms with E-state index in [9.17, 15) is 0 Å². The number of likely N-dealkylation sites (N-methyl/N-ethyl adjacent to an activating group) is 1. The molecule has 3 aliphatic heterocycles. The molecule has 19 heavy (non-hydrogen) atoms. The first-order valence-electron chi connectivity index (χ1n) is 8.06. The van der Waals surface area contributed by atoms with E-state index in [1.165, 1.54) is 25.9 Å². The molecular weight excluding hydrogens is 236 g/mol. The molecule has 0 aromatic heterocycles. The average molecular weight is 266 g/mol. The fraction of sp³-hybridized carbons (Fsp3) is 1.00. The molecule has 3 heteroatoms. The summed E-state index contributed by atoms with van der Waals surface area (Å²) in [5, 5.41) is 0. The van der Waals surface area contributed by atoms with E-state index >= 15 is 0 Å². The summed E-state index contributed by atoms with van der Waals surface area (Å²) in [4.78, 5) is 5.17. The first-order chi connectivity index (χ1) is 9.08. The van der Waals surface area contributed by atoms with Crippen molar-refractivity contribution in [3.8, 4) is 0 Å². The third-order valence-corrected chi connectivity index (χ3v) is 6.16. The smallest absolute Gasteiger partial charge is 0.0625 e. The molecule has 6 atom stereocenters. The fourth-order valence-corrected chi connectivity index (χ4v) is 4.89. The van der Waals surface area contributed by atoms with Crippen LogP contribution in [0.5, 0.6) is 0 Å². The standard InChI is InChI=1S/C16H30N2O/c1-11-5-6-17(3)8-14(11)16-12(2)7-13-9-19-10-15(16)18(13)4/h11-16H,5-10H2,1-4H3. The van der Waals surface area contributed by atoms with Crippen molar-refractivity contribution in [1.82, 2.24) is 9.80 Å². The predicted octanol–water partition coefficient (Wildman–Crippen LogP) is 1.93. The third-order valence-electron chi connectivity index (χ3n) is 6.16. The van der Waals surface area contributed by atoms with Gasteiger partial charge in [0.15, 0.2) is 0 Å². The van der Waals surface area contributed by atoms with Crippen molar-refractivity contribution in [3.63, 3.8) is 0 Å². The molecule has 3 heterocycles. The van der Waals surface area contributed by atoms with Crippen LogP contribution in [0.3, 0.4) is 0 Å². The maximum atomic E-state index is 5.88. The number of nitrogens with zero attached hydrogens (tertiary/aromatic N) is 2. The van der Waals surface area contributed by atoms with Crippen molar-refractivity contribution in [2.24, 2.45) is 23.7 Å². The molecule has 0 N–H and O–H groups in total. The summed E-state index contributed by atoms with van der Waals surface area (Å²) < 4.78 is 5.88. The second kappa shape index (κ2) is 5.34. The highest BCUT2D eigenvalue weighted by Gasteiger charge is 2.47. The van der Waals surface area contributed by atoms with E-state index in [0.29, 0.717) is 12.1 Å². The van der Waals surface area contributed by atoms with Gasteiger partial charge in [-0.3, -0.25) is 4.90 Å². The van der Waals surface area contributed by atoms with Gasteiger partial charge in [0.25, 0.3) is 0 Å². The Morgan fingerprint density at radius 3 is 2.63 bits per heavy atom. The Bertz CT molecular complexity index is 322. The number of hydrogen-bond donors (Lipinski definition) is 0. The van der Waals surface area contributed by atoms with Gasteiger partial charge in [0.05, 0.1) is 13.2 Å². The first-order valence-corrected chi connectivity index (χ1v) is 8.06. The Kier molecular flexibility index (Phi) is 3.89. The van der Waals surface area contributed by atoms with E-state index in [0.717, 1.165) is 36.9 Å². The van der Waals surface area contributed by atoms with Crippen molar-refractivity contribution in [2.45, 2.75) is 38.8 Å². The van der Waals surface area contributed by atoms with Crippen molar-refractivity contribution in [3.05, 3.63) is 0 Å². The zero-order valence-electron chi connectivity index (χ0n) is 13.0. The predicted molar refractivity (Wildman–Crippen MR) is 78.2 cm³/mol. The monoisotopic (exact) mass is 266 g/mol. The first kappa shape index (κ1) is 13.8. The lowest BCUT2D eigenvalue weighted by Gasteiger charge is -2.55. The number of morpholine rings is 1. The number of fused-ring (bicyclic) bond motifs is 2. The van der Waals surface area contributed by atoms with Gasteiger partial charge in [0.2, 0.25) is 0 Å². The fourth-order valence-electron chi connectivity index (χ4n) is 4.89. The zero-order valence-corrected chi connectivity index (χ0v) is 13.0. The molecule has 3 fully saturated rings. The lowest BCUT2D eigenvalue weighted by Crippen LogP contribution is -2.62. The summed E-state index contributed by atoms with van der Waals surface area (Å²) in [6.07, 6.45) is 2.69. The molecule has 0 saturated carbocycles. The molecule has 0 spiro atoms. The van der Waals surface area contributed by atoms with Crippen molar-refractivity contribution < 1.29 is 4.74 Å². The minimum Gasteiger partial charge on any atom is -0.378 e. The molecule has 3 aliphatic rings. The van der Waals surface area contributed by atoms with Crippen molar-refractivity contribution in [2.75, 3.05) is 40.4 Å². The van der Waals surface area contributed by atoms with Gasteiger partial charge < -0.3 is 9.64 Å². The van der Waals surface area contributed by atoms with Crippen LogP contribution in [0.4, 0.5) is 0 Å². The number of likely N-dealkylation sites (tertiary alicyclic amines) is 1. The molecule has 0 aliphatic carbocycles. The Hall–Kier alpha value is -0.120. The topological polar surface area (TPSA) is 15.7 Å². The second-order valence-electron chi connectivity index (χ2n) is 7.41. The van der Waals surface area contributed by atoms with E-state index in [4.69, 9.17) is 4.74 Å². The molecule has 3 nitrogen and oxygen atoms in total. The minimum absolute atomic E-state index is 0.654. The number of rotatable bonds is 1. The van der Waals surface area contributed by atoms with Crippen molar-refractivity contribution >= 4 is 0 Å². The van der Waals surface area contributed by atoms with Gasteiger partial charge in [0, 0.05) is 18.6 Å². The van der Waals surface area contributed by atoms with E-state index in [1.807, 2.05) is 0 Å². The maximum absolute atomic E-state index is 5.88. The summed E-state index contributed by atoms with van der Waals surface area (Å²) >= 11 is 0. The average Bonchev–Trinajstić information content (AvgIpc) is 2.36. The summed E-state index contributed by atoms with van der Waals surface area (Å²) in [6.45, 7) is 9.42. The zero-order chi connectivity index (χ0) is 13.6. The van der Waals surface area contributed by atoms with E-state index in [2.05, 4.69) is 37.7 Å². The number of ether oxygens (including phenoxy) is 1. The third kappa shape index (κ3) is 2.45. The van der Waals surface area contributed by atoms with Gasteiger partial charge in [0.1, 0.15) is 0 Å². The van der Waals surface area contributed by atoms with Gasteiger partial charge in [-0.2, -0.15) is 0 Å². The van der Waals surface area contributed by atoms with Crippen LogP contribution in [0.1, 0.15) is 26.7 Å². The second-order valence-corrected chi connectivity index (χ2v) is 7.41. The Morgan fingerprint density at radius 2 is 1.84 bits per heavy atom. The summed E-state index contributed by atoms with van der Waals surface area (Å²) in [6, 6.07) is 1.32. The van der Waals surface area contributed by atoms with Gasteiger partial charge in [-0.15, -0.1) is 0 Å². The van der Waals surface area contributed by atoms with Gasteiger partial charge in [-0.05, 0) is 57.2 Å². The lowest BCUT2D eigenvalue weighted by molar-refractivity contribution is -0.125. The van der Waals surface area contributed by atoms with E-state index < -0.39 is 0 Å². The highest BCUT2D eigenvalue weighted by atomic mass is 16.5. The summed E-state index contributed by atoms with van der Waals surface area (Å²) in [7, 11) is 4.62. The van der Waals surface area contributed by atoms with E-state index in [-0.39, 0.29) is 0 Å². The molecule has 0 amide bonds. The van der Waals surface area contributed by atoms with Gasteiger partial charge in [-0.1, -0.05) is 13.8 Å². The molecule has 110 valence electrons. The highest BCUT2D eigenvalue weighted by molar-refractivity contribution is 4.99. The van der Waals surface area contributed by atoms with Crippen LogP contribution in [0.25, 0.3) is 0 Å². The van der Waals surface area contributed by atoms with Crippen LogP contribution in [0.2, 0.25) is 0 Å². The summed E-state index contributed by atoms with van der Waals surface area (Å²) in [5.74, 6) is 3.40. The van der Waals surface area contributed by atoms with Crippen LogP contribution < -0.4 is 0 Å². The highest BCUT2D eigenvalue weighted by Crippen LogP contribution is 2.43. The van der Waals surface area contributed by atoms with Crippen LogP contribution in [0.15, 0.2) is 0 Å². The Balaban J connectivity index is 1.81. The number of hydrogen-bond acceptors (Lipinski definition) is 3. The largest absolute Gasteiger partial charge is 0.378 e. The van der Waals surface area contributed by atoms with Crippen LogP contribution in [-0.2, 0) is 4.74 Å². The maximum Gasteiger partial charge on any atom is 0.0625 e. The molecule has 3 saturated heterocycles. The molecule has 0 aromatic rings. The normalized spacial score (nSPS) is 49.3. The molecule has 6 unspecified atom stereocenters. The van der Waals surface area contributed by atoms with Crippen LogP contribution in [-0.4, -0.2) is 62.3 Å². The van der Waals surface area contributed by atoms with E-state index in [1.54, 1.807) is 0 Å². The molecular formula is C16H30N2O. The number of piperidine rings is 2. The SMILES string of the molecule is CC1CCN(C)CC1C1C(C)CC2COCC1N2C. The van der Waals surface area contributed by atoms with Crippen molar-refractivity contribution in [1.29, 1.82) is 0 Å². The molecule has 2 bridgehead atoms. The lowest BCUT2D eigenvalue weighted by atomic mass is 9.65. The molecule has 0 radical (unpaired) electrons. The Morgan fingerprint density at radius 1 is 1.05 bits per heavy atom. The quantitative estimate of drug-likeness (QED) is 0.721. The molecule has 3 rings (SSSR count).